The molecule has 2 aromatic carbocycles. The molecular weight excluding hydrogens is 356 g/mol. The minimum absolute atomic E-state index is 0.0876. The van der Waals surface area contributed by atoms with Crippen molar-refractivity contribution in [2.75, 3.05) is 0 Å². The van der Waals surface area contributed by atoms with E-state index in [-0.39, 0.29) is 33.8 Å². The lowest BCUT2D eigenvalue weighted by Gasteiger charge is -2.11. The van der Waals surface area contributed by atoms with Gasteiger partial charge in [-0.25, -0.2) is 0 Å². The number of phenolic OH excluding ortho intramolecular Hbond substituents is 3. The van der Waals surface area contributed by atoms with Gasteiger partial charge in [0.15, 0.2) is 17.3 Å². The van der Waals surface area contributed by atoms with Crippen LogP contribution in [0.5, 0.6) is 28.7 Å². The summed E-state index contributed by atoms with van der Waals surface area (Å²) in [7, 11) is 0. The van der Waals surface area contributed by atoms with E-state index in [1.807, 2.05) is 0 Å². The molecule has 0 spiro atoms. The Morgan fingerprint density at radius 1 is 1.04 bits per heavy atom. The monoisotopic (exact) mass is 372 g/mol. The average molecular weight is 372 g/mol. The number of esters is 1. The van der Waals surface area contributed by atoms with Gasteiger partial charge in [-0.05, 0) is 18.2 Å². The van der Waals surface area contributed by atoms with Gasteiger partial charge in [0.25, 0.3) is 0 Å². The van der Waals surface area contributed by atoms with Crippen LogP contribution in [-0.2, 0) is 4.79 Å². The molecule has 8 nitrogen and oxygen atoms in total. The number of phenols is 3. The Bertz CT molecular complexity index is 1110. The third kappa shape index (κ3) is 3.24. The molecule has 0 atom stereocenters. The number of carbonyl (C=O) groups excluding carboxylic acids is 1. The summed E-state index contributed by atoms with van der Waals surface area (Å²) in [5, 5.41) is 39.3. The van der Waals surface area contributed by atoms with Crippen molar-refractivity contribution >= 4 is 16.9 Å². The van der Waals surface area contributed by atoms with E-state index in [1.165, 1.54) is 12.1 Å². The third-order valence-corrected chi connectivity index (χ3v) is 3.84. The van der Waals surface area contributed by atoms with Gasteiger partial charge in [-0.3, -0.25) is 9.59 Å². The van der Waals surface area contributed by atoms with E-state index in [9.17, 15) is 30.0 Å². The number of fused-ring (bicyclic) bond motifs is 1. The molecule has 3 aromatic rings. The topological polar surface area (TPSA) is 137 Å². The van der Waals surface area contributed by atoms with Gasteiger partial charge in [0.2, 0.25) is 11.2 Å². The molecule has 0 saturated heterocycles. The summed E-state index contributed by atoms with van der Waals surface area (Å²) >= 11 is 0. The molecule has 0 unspecified atom stereocenters. The van der Waals surface area contributed by atoms with E-state index in [4.69, 9.17) is 9.15 Å². The molecule has 4 N–H and O–H groups in total. The predicted molar refractivity (Wildman–Crippen MR) is 95.1 cm³/mol. The highest BCUT2D eigenvalue weighted by Crippen LogP contribution is 2.38. The van der Waals surface area contributed by atoms with Crippen molar-refractivity contribution in [2.45, 2.75) is 13.8 Å². The fourth-order valence-corrected chi connectivity index (χ4v) is 2.44. The smallest absolute Gasteiger partial charge is 0.313 e. The van der Waals surface area contributed by atoms with E-state index in [1.54, 1.807) is 13.8 Å². The molecule has 0 amide bonds. The molecule has 140 valence electrons. The fourth-order valence-electron chi connectivity index (χ4n) is 2.44. The number of hydrogen-bond donors (Lipinski definition) is 4. The number of aromatic hydroxyl groups is 4. The van der Waals surface area contributed by atoms with Crippen LogP contribution in [0.4, 0.5) is 0 Å². The van der Waals surface area contributed by atoms with Crippen LogP contribution >= 0.6 is 0 Å². The van der Waals surface area contributed by atoms with Crippen molar-refractivity contribution in [3.8, 4) is 40.1 Å². The highest BCUT2D eigenvalue weighted by atomic mass is 16.5. The maximum absolute atomic E-state index is 12.3. The summed E-state index contributed by atoms with van der Waals surface area (Å²) in [6, 6.07) is 5.86. The van der Waals surface area contributed by atoms with Crippen molar-refractivity contribution in [2.24, 2.45) is 5.92 Å². The second-order valence-corrected chi connectivity index (χ2v) is 6.21. The Morgan fingerprint density at radius 2 is 1.74 bits per heavy atom. The molecule has 0 aliphatic heterocycles. The van der Waals surface area contributed by atoms with Gasteiger partial charge in [-0.15, -0.1) is 0 Å². The number of carbonyl (C=O) groups is 1. The second kappa shape index (κ2) is 6.56. The van der Waals surface area contributed by atoms with Crippen LogP contribution in [-0.4, -0.2) is 26.4 Å². The molecular formula is C19H16O8. The molecule has 8 heteroatoms. The number of benzene rings is 2. The van der Waals surface area contributed by atoms with E-state index in [0.717, 1.165) is 18.2 Å². The quantitative estimate of drug-likeness (QED) is 0.407. The Morgan fingerprint density at radius 3 is 2.37 bits per heavy atom. The molecule has 0 bridgehead atoms. The zero-order valence-electron chi connectivity index (χ0n) is 14.4. The number of hydrogen-bond acceptors (Lipinski definition) is 8. The second-order valence-electron chi connectivity index (χ2n) is 6.21. The van der Waals surface area contributed by atoms with Crippen LogP contribution < -0.4 is 10.2 Å². The van der Waals surface area contributed by atoms with Gasteiger partial charge in [-0.1, -0.05) is 13.8 Å². The lowest BCUT2D eigenvalue weighted by Crippen LogP contribution is -2.14. The van der Waals surface area contributed by atoms with Crippen LogP contribution in [0.1, 0.15) is 13.8 Å². The van der Waals surface area contributed by atoms with Gasteiger partial charge < -0.3 is 29.6 Å². The molecule has 1 heterocycles. The fraction of sp³-hybridized carbons (Fsp3) is 0.158. The molecule has 0 saturated carbocycles. The molecule has 0 aliphatic carbocycles. The molecule has 0 aliphatic rings. The van der Waals surface area contributed by atoms with Crippen molar-refractivity contribution in [1.82, 2.24) is 0 Å². The lowest BCUT2D eigenvalue weighted by molar-refractivity contribution is -0.137. The molecule has 0 fully saturated rings. The first kappa shape index (κ1) is 18.1. The first-order valence-corrected chi connectivity index (χ1v) is 7.96. The predicted octanol–water partition coefficient (Wildman–Crippen LogP) is 2.84. The van der Waals surface area contributed by atoms with Gasteiger partial charge in [0, 0.05) is 17.7 Å². The van der Waals surface area contributed by atoms with Crippen LogP contribution in [0.15, 0.2) is 39.5 Å². The van der Waals surface area contributed by atoms with Crippen molar-refractivity contribution in [3.63, 3.8) is 0 Å². The van der Waals surface area contributed by atoms with Gasteiger partial charge in [0.1, 0.15) is 22.5 Å². The van der Waals surface area contributed by atoms with Crippen LogP contribution in [0.25, 0.3) is 22.3 Å². The normalized spacial score (nSPS) is 11.1. The SMILES string of the molecule is CC(C)C(=O)Oc1ccc(-c2oc3cc(O)cc(O)c3c(=O)c2O)cc1O. The first-order valence-electron chi connectivity index (χ1n) is 7.96. The largest absolute Gasteiger partial charge is 0.508 e. The van der Waals surface area contributed by atoms with Gasteiger partial charge in [-0.2, -0.15) is 0 Å². The Hall–Kier alpha value is -3.68. The van der Waals surface area contributed by atoms with Crippen LogP contribution in [0.3, 0.4) is 0 Å². The molecule has 3 rings (SSSR count). The minimum atomic E-state index is -0.904. The maximum Gasteiger partial charge on any atom is 0.313 e. The first-order chi connectivity index (χ1) is 12.7. The van der Waals surface area contributed by atoms with Crippen LogP contribution in [0.2, 0.25) is 0 Å². The zero-order chi connectivity index (χ0) is 19.9. The van der Waals surface area contributed by atoms with Crippen molar-refractivity contribution in [3.05, 3.63) is 40.6 Å². The van der Waals surface area contributed by atoms with Crippen molar-refractivity contribution < 1.29 is 34.4 Å². The highest BCUT2D eigenvalue weighted by molar-refractivity contribution is 5.88. The van der Waals surface area contributed by atoms with Gasteiger partial charge >= 0.3 is 5.97 Å². The summed E-state index contributed by atoms with van der Waals surface area (Å²) in [5.41, 5.74) is -0.935. The standard InChI is InChI=1S/C19H16O8/c1-8(2)19(25)27-13-4-3-9(5-11(13)21)18-17(24)16(23)15-12(22)6-10(20)7-14(15)26-18/h3-8,20-22,24H,1-2H3. The Balaban J connectivity index is 2.13. The lowest BCUT2D eigenvalue weighted by atomic mass is 10.1. The summed E-state index contributed by atoms with van der Waals surface area (Å²) in [4.78, 5) is 24.0. The third-order valence-electron chi connectivity index (χ3n) is 3.84. The summed E-state index contributed by atoms with van der Waals surface area (Å²) in [5.74, 6) is -3.36. The van der Waals surface area contributed by atoms with E-state index in [2.05, 4.69) is 0 Å². The maximum atomic E-state index is 12.3. The summed E-state index contributed by atoms with van der Waals surface area (Å²) < 4.78 is 10.5. The summed E-state index contributed by atoms with van der Waals surface area (Å²) in [6.45, 7) is 3.28. The van der Waals surface area contributed by atoms with Crippen LogP contribution in [0, 0.1) is 5.92 Å². The number of rotatable bonds is 3. The zero-order valence-corrected chi connectivity index (χ0v) is 14.4. The van der Waals surface area contributed by atoms with Gasteiger partial charge in [0.05, 0.1) is 5.92 Å². The minimum Gasteiger partial charge on any atom is -0.508 e. The molecule has 0 radical (unpaired) electrons. The number of ether oxygens (including phenoxy) is 1. The Labute approximate surface area is 152 Å². The summed E-state index contributed by atoms with van der Waals surface area (Å²) in [6.07, 6.45) is 0. The van der Waals surface area contributed by atoms with E-state index >= 15 is 0 Å². The molecule has 1 aromatic heterocycles. The van der Waals surface area contributed by atoms with Crippen molar-refractivity contribution in [1.29, 1.82) is 0 Å². The Kier molecular flexibility index (Phi) is 4.40. The average Bonchev–Trinajstić information content (AvgIpc) is 2.59. The van der Waals surface area contributed by atoms with E-state index < -0.39 is 34.6 Å². The van der Waals surface area contributed by atoms with E-state index in [0.29, 0.717) is 0 Å². The highest BCUT2D eigenvalue weighted by Gasteiger charge is 2.20. The molecule has 27 heavy (non-hydrogen) atoms.